The summed E-state index contributed by atoms with van der Waals surface area (Å²) in [5.41, 5.74) is -15.2. The topological polar surface area (TPSA) is 120 Å². The maximum atomic E-state index is 10.6. The second-order valence-electron chi connectivity index (χ2n) is 2.04. The van der Waals surface area contributed by atoms with Crippen LogP contribution in [-0.4, -0.2) is 42.8 Å². The van der Waals surface area contributed by atoms with Gasteiger partial charge in [-0.1, -0.05) is 0 Å². The third kappa shape index (κ3) is 27.6. The van der Waals surface area contributed by atoms with Crippen molar-refractivity contribution in [2.24, 2.45) is 0 Å². The van der Waals surface area contributed by atoms with E-state index in [0.29, 0.717) is 0 Å². The monoisotopic (exact) mass is 521 g/mol. The fourth-order valence-corrected chi connectivity index (χ4v) is 0. The first kappa shape index (κ1) is 34.7. The van der Waals surface area contributed by atoms with Crippen LogP contribution in [0.1, 0.15) is 0 Å². The Labute approximate surface area is 145 Å². The van der Waals surface area contributed by atoms with Gasteiger partial charge in [-0.3, -0.25) is 12.6 Å². The van der Waals surface area contributed by atoms with Gasteiger partial charge in [0.1, 0.15) is 0 Å². The van der Waals surface area contributed by atoms with Crippen LogP contribution in [-0.2, 0) is 55.6 Å². The quantitative estimate of drug-likeness (QED) is 0.207. The van der Waals surface area contributed by atoms with E-state index in [4.69, 9.17) is 26.3 Å². The van der Waals surface area contributed by atoms with E-state index in [1.165, 1.54) is 0 Å². The maximum absolute atomic E-state index is 10.6. The molecule has 3 unspecified atom stereocenters. The molecule has 3 atom stereocenters. The van der Waals surface area contributed by atoms with Crippen LogP contribution < -0.4 is 0 Å². The molecule has 0 amide bonds. The first-order valence-corrected chi connectivity index (χ1v) is 6.54. The summed E-state index contributed by atoms with van der Waals surface area (Å²) in [7, 11) is 0. The first-order valence-electron chi connectivity index (χ1n) is 3.31. The summed E-state index contributed by atoms with van der Waals surface area (Å²) in [6.07, 6.45) is 0. The fraction of sp³-hybridized carbons (Fsp3) is 0.750. The zero-order chi connectivity index (χ0) is 18.2. The van der Waals surface area contributed by atoms with Gasteiger partial charge in [-0.25, -0.2) is 0 Å². The average Bonchev–Trinajstić information content (AvgIpc) is 2.14. The third-order valence-corrected chi connectivity index (χ3v) is 1.70. The minimum Gasteiger partial charge on any atom is -0.766 e. The second kappa shape index (κ2) is 13.7. The van der Waals surface area contributed by atoms with Crippen LogP contribution in [0.5, 0.6) is 0 Å². The predicted octanol–water partition coefficient (Wildman–Crippen LogP) is 1.60. The molecule has 19 heteroatoms. The first-order chi connectivity index (χ1) is 8.83. The van der Waals surface area contributed by atoms with Gasteiger partial charge < -0.3 is 21.1 Å². The van der Waals surface area contributed by atoms with E-state index < -0.39 is 49.8 Å². The van der Waals surface area contributed by atoms with Gasteiger partial charge in [0.25, 0.3) is 0 Å². The minimum absolute atomic E-state index is 0. The van der Waals surface area contributed by atoms with Crippen LogP contribution in [0, 0.1) is 7.43 Å². The van der Waals surface area contributed by atoms with E-state index in [0.717, 1.165) is 0 Å². The molecule has 151 valence electrons. The van der Waals surface area contributed by atoms with Gasteiger partial charge in [-0.05, 0) is 0 Å². The molecule has 0 saturated heterocycles. The minimum atomic E-state index is -5.08. The Hall–Kier alpha value is 0.440. The molecule has 0 aliphatic rings. The third-order valence-electron chi connectivity index (χ3n) is 0.567. The molecule has 0 aliphatic heterocycles. The molecule has 1 radical (unpaired) electrons. The molecule has 0 N–H and O–H groups in total. The van der Waals surface area contributed by atoms with Gasteiger partial charge in [0.15, 0.2) is 0 Å². The van der Waals surface area contributed by atoms with Crippen molar-refractivity contribution in [3.05, 3.63) is 7.43 Å². The van der Waals surface area contributed by atoms with Gasteiger partial charge >= 0.3 is 16.5 Å². The molecule has 0 aromatic carbocycles. The summed E-state index contributed by atoms with van der Waals surface area (Å²) in [6, 6.07) is 0. The molecule has 0 spiro atoms. The van der Waals surface area contributed by atoms with E-state index in [2.05, 4.69) is 0 Å². The van der Waals surface area contributed by atoms with Crippen LogP contribution in [0.25, 0.3) is 0 Å². The van der Waals surface area contributed by atoms with Crippen molar-refractivity contribution in [3.8, 4) is 0 Å². The zero-order valence-electron chi connectivity index (χ0n) is 9.88. The van der Waals surface area contributed by atoms with Crippen LogP contribution in [0.3, 0.4) is 0 Å². The molecular formula is C4H3AgF9O6S3-4. The number of rotatable bonds is 0. The summed E-state index contributed by atoms with van der Waals surface area (Å²) in [5.74, 6) is 0. The van der Waals surface area contributed by atoms with E-state index in [1.807, 2.05) is 0 Å². The van der Waals surface area contributed by atoms with Crippen LogP contribution >= 0.6 is 0 Å². The molecule has 0 heterocycles. The summed E-state index contributed by atoms with van der Waals surface area (Å²) >= 11 is -11.8. The van der Waals surface area contributed by atoms with Gasteiger partial charge in [-0.15, -0.1) is 0 Å². The molecule has 0 aromatic rings. The number of hydrogen-bond acceptors (Lipinski definition) is 6. The standard InChI is InChI=1S/3CHF3O2S.CH3.Ag/c3*2-1(3,4)7(5)6;;/h3*(H,5,6);1H3;/q;;;-1;/p-3. The van der Waals surface area contributed by atoms with Gasteiger partial charge in [0.2, 0.25) is 0 Å². The Bertz CT molecular complexity index is 322. The molecule has 6 nitrogen and oxygen atoms in total. The second-order valence-corrected chi connectivity index (χ2v) is 4.84. The number of alkyl halides is 9. The average molecular weight is 522 g/mol. The van der Waals surface area contributed by atoms with Crippen molar-refractivity contribution in [1.82, 2.24) is 0 Å². The predicted molar refractivity (Wildman–Crippen MR) is 51.3 cm³/mol. The van der Waals surface area contributed by atoms with Gasteiger partial charge in [-0.2, -0.15) is 39.5 Å². The van der Waals surface area contributed by atoms with Crippen LogP contribution in [0.4, 0.5) is 39.5 Å². The SMILES string of the molecule is O=S([O-])C(F)(F)F.O=S([O-])C(F)(F)F.O=S([O-])C(F)(F)F.[Ag].[CH3-]. The zero-order valence-corrected chi connectivity index (χ0v) is 13.8. The molecule has 0 saturated carbocycles. The number of halogens is 9. The smallest absolute Gasteiger partial charge is 0.458 e. The van der Waals surface area contributed by atoms with Crippen molar-refractivity contribution >= 4 is 33.2 Å². The van der Waals surface area contributed by atoms with Crippen molar-refractivity contribution in [1.29, 1.82) is 0 Å². The van der Waals surface area contributed by atoms with Crippen LogP contribution in [0.2, 0.25) is 0 Å². The van der Waals surface area contributed by atoms with Crippen molar-refractivity contribution in [2.75, 3.05) is 0 Å². The Morgan fingerprint density at radius 1 is 0.522 bits per heavy atom. The maximum Gasteiger partial charge on any atom is 0.458 e. The van der Waals surface area contributed by atoms with Crippen molar-refractivity contribution in [3.63, 3.8) is 0 Å². The molecule has 23 heavy (non-hydrogen) atoms. The van der Waals surface area contributed by atoms with Crippen molar-refractivity contribution < 1.29 is 88.2 Å². The normalized spacial score (nSPS) is 15.1. The summed E-state index contributed by atoms with van der Waals surface area (Å²) in [6.45, 7) is 0. The summed E-state index contributed by atoms with van der Waals surface area (Å²) in [4.78, 5) is 0. The van der Waals surface area contributed by atoms with E-state index in [-0.39, 0.29) is 29.8 Å². The Kier molecular flexibility index (Phi) is 20.7. The summed E-state index contributed by atoms with van der Waals surface area (Å²) in [5, 5.41) is 0. The molecule has 0 aromatic heterocycles. The van der Waals surface area contributed by atoms with E-state index >= 15 is 0 Å². The van der Waals surface area contributed by atoms with Crippen LogP contribution in [0.15, 0.2) is 0 Å². The van der Waals surface area contributed by atoms with E-state index in [1.54, 1.807) is 0 Å². The van der Waals surface area contributed by atoms with E-state index in [9.17, 15) is 39.5 Å². The largest absolute Gasteiger partial charge is 0.766 e. The molecular weight excluding hydrogens is 519 g/mol. The fourth-order valence-electron chi connectivity index (χ4n) is 0. The number of hydrogen-bond donors (Lipinski definition) is 0. The Balaban J connectivity index is -0.0000000675. The summed E-state index contributed by atoms with van der Waals surface area (Å²) < 4.78 is 148. The Morgan fingerprint density at radius 2 is 0.565 bits per heavy atom. The Morgan fingerprint density at radius 3 is 0.565 bits per heavy atom. The van der Waals surface area contributed by atoms with Gasteiger partial charge in [0, 0.05) is 22.4 Å². The van der Waals surface area contributed by atoms with Gasteiger partial charge in [0.05, 0.1) is 33.2 Å². The molecule has 0 fully saturated rings. The molecule has 0 aliphatic carbocycles. The van der Waals surface area contributed by atoms with Crippen molar-refractivity contribution in [2.45, 2.75) is 16.5 Å². The molecule has 0 bridgehead atoms. The molecule has 0 rings (SSSR count).